The lowest BCUT2D eigenvalue weighted by atomic mass is 10.2. The van der Waals surface area contributed by atoms with E-state index in [4.69, 9.17) is 10.2 Å². The molecule has 68 valence electrons. The Morgan fingerprint density at radius 2 is 2.38 bits per heavy atom. The summed E-state index contributed by atoms with van der Waals surface area (Å²) in [6.07, 6.45) is 5.38. The average Bonchev–Trinajstić information content (AvgIpc) is 2.57. The molecule has 0 fully saturated rings. The molecule has 3 nitrogen and oxygen atoms in total. The van der Waals surface area contributed by atoms with E-state index in [0.29, 0.717) is 6.54 Å². The summed E-state index contributed by atoms with van der Waals surface area (Å²) in [7, 11) is 0. The first-order valence-corrected chi connectivity index (χ1v) is 4.42. The van der Waals surface area contributed by atoms with E-state index in [1.165, 1.54) is 0 Å². The van der Waals surface area contributed by atoms with Crippen molar-refractivity contribution in [2.45, 2.75) is 12.8 Å². The SMILES string of the molecule is NCCCc1cc2ccncc2o1. The molecule has 2 aromatic rings. The molecular weight excluding hydrogens is 164 g/mol. The number of aromatic nitrogens is 1. The van der Waals surface area contributed by atoms with Gasteiger partial charge in [0.15, 0.2) is 5.58 Å². The van der Waals surface area contributed by atoms with Gasteiger partial charge in [0, 0.05) is 18.0 Å². The maximum atomic E-state index is 5.55. The van der Waals surface area contributed by atoms with E-state index in [0.717, 1.165) is 29.6 Å². The fraction of sp³-hybridized carbons (Fsp3) is 0.300. The van der Waals surface area contributed by atoms with Gasteiger partial charge in [-0.3, -0.25) is 4.98 Å². The zero-order chi connectivity index (χ0) is 9.10. The van der Waals surface area contributed by atoms with Crippen molar-refractivity contribution < 1.29 is 4.42 Å². The number of aryl methyl sites for hydroxylation is 1. The van der Waals surface area contributed by atoms with E-state index < -0.39 is 0 Å². The van der Waals surface area contributed by atoms with E-state index in [-0.39, 0.29) is 0 Å². The summed E-state index contributed by atoms with van der Waals surface area (Å²) in [6, 6.07) is 4.00. The lowest BCUT2D eigenvalue weighted by Gasteiger charge is -1.91. The molecule has 0 aliphatic carbocycles. The number of hydrogen-bond acceptors (Lipinski definition) is 3. The molecule has 0 spiro atoms. The minimum Gasteiger partial charge on any atom is -0.459 e. The van der Waals surface area contributed by atoms with Crippen LogP contribution in [0.5, 0.6) is 0 Å². The standard InChI is InChI=1S/C10H12N2O/c11-4-1-2-9-6-8-3-5-12-7-10(8)13-9/h3,5-7H,1-2,4,11H2. The van der Waals surface area contributed by atoms with Crippen LogP contribution in [-0.2, 0) is 6.42 Å². The zero-order valence-electron chi connectivity index (χ0n) is 7.36. The van der Waals surface area contributed by atoms with Crippen LogP contribution in [0.2, 0.25) is 0 Å². The number of hydrogen-bond donors (Lipinski definition) is 1. The van der Waals surface area contributed by atoms with E-state index in [2.05, 4.69) is 4.98 Å². The van der Waals surface area contributed by atoms with Crippen molar-refractivity contribution in [1.82, 2.24) is 4.98 Å². The zero-order valence-corrected chi connectivity index (χ0v) is 7.36. The molecule has 0 bridgehead atoms. The second-order valence-corrected chi connectivity index (χ2v) is 3.02. The smallest absolute Gasteiger partial charge is 0.152 e. The van der Waals surface area contributed by atoms with Crippen molar-refractivity contribution in [2.75, 3.05) is 6.54 Å². The quantitative estimate of drug-likeness (QED) is 0.774. The summed E-state index contributed by atoms with van der Waals surface area (Å²) in [6.45, 7) is 0.704. The Morgan fingerprint density at radius 1 is 1.46 bits per heavy atom. The second kappa shape index (κ2) is 3.58. The van der Waals surface area contributed by atoms with Crippen molar-refractivity contribution >= 4 is 11.0 Å². The summed E-state index contributed by atoms with van der Waals surface area (Å²) in [5.74, 6) is 0.994. The minimum atomic E-state index is 0.704. The van der Waals surface area contributed by atoms with Gasteiger partial charge in [-0.15, -0.1) is 0 Å². The third kappa shape index (κ3) is 1.70. The van der Waals surface area contributed by atoms with Crippen molar-refractivity contribution in [2.24, 2.45) is 5.73 Å². The van der Waals surface area contributed by atoms with Crippen molar-refractivity contribution in [3.63, 3.8) is 0 Å². The number of pyridine rings is 1. The van der Waals surface area contributed by atoms with Crippen LogP contribution in [0.1, 0.15) is 12.2 Å². The summed E-state index contributed by atoms with van der Waals surface area (Å²) in [5.41, 5.74) is 6.27. The van der Waals surface area contributed by atoms with Crippen molar-refractivity contribution in [3.8, 4) is 0 Å². The van der Waals surface area contributed by atoms with Crippen LogP contribution >= 0.6 is 0 Å². The predicted molar refractivity (Wildman–Crippen MR) is 51.4 cm³/mol. The molecular formula is C10H12N2O. The number of fused-ring (bicyclic) bond motifs is 1. The Morgan fingerprint density at radius 3 is 3.15 bits per heavy atom. The Bertz CT molecular complexity index is 361. The molecule has 0 aliphatic rings. The Kier molecular flexibility index (Phi) is 2.27. The van der Waals surface area contributed by atoms with Gasteiger partial charge in [0.2, 0.25) is 0 Å². The summed E-state index contributed by atoms with van der Waals surface area (Å²) in [5, 5.41) is 1.11. The number of furan rings is 1. The highest BCUT2D eigenvalue weighted by Crippen LogP contribution is 2.18. The predicted octanol–water partition coefficient (Wildman–Crippen LogP) is 1.72. The van der Waals surface area contributed by atoms with E-state index >= 15 is 0 Å². The van der Waals surface area contributed by atoms with Gasteiger partial charge in [-0.25, -0.2) is 0 Å². The number of rotatable bonds is 3. The molecule has 0 unspecified atom stereocenters. The largest absolute Gasteiger partial charge is 0.459 e. The summed E-state index contributed by atoms with van der Waals surface area (Å²) < 4.78 is 5.55. The van der Waals surface area contributed by atoms with Crippen LogP contribution in [0.4, 0.5) is 0 Å². The Balaban J connectivity index is 2.28. The van der Waals surface area contributed by atoms with Gasteiger partial charge in [0.1, 0.15) is 5.76 Å². The molecule has 2 rings (SSSR count). The molecule has 3 heteroatoms. The highest BCUT2D eigenvalue weighted by molar-refractivity contribution is 5.76. The third-order valence-electron chi connectivity index (χ3n) is 2.00. The van der Waals surface area contributed by atoms with Gasteiger partial charge in [0.05, 0.1) is 6.20 Å². The molecule has 0 radical (unpaired) electrons. The van der Waals surface area contributed by atoms with E-state index in [1.54, 1.807) is 12.4 Å². The molecule has 13 heavy (non-hydrogen) atoms. The molecule has 0 saturated carbocycles. The van der Waals surface area contributed by atoms with Gasteiger partial charge in [-0.2, -0.15) is 0 Å². The first-order valence-electron chi connectivity index (χ1n) is 4.42. The number of nitrogens with two attached hydrogens (primary N) is 1. The van der Waals surface area contributed by atoms with Crippen LogP contribution in [0.15, 0.2) is 28.9 Å². The maximum Gasteiger partial charge on any atom is 0.152 e. The Labute approximate surface area is 76.6 Å². The van der Waals surface area contributed by atoms with Crippen LogP contribution in [0, 0.1) is 0 Å². The number of nitrogens with zero attached hydrogens (tertiary/aromatic N) is 1. The third-order valence-corrected chi connectivity index (χ3v) is 2.00. The van der Waals surface area contributed by atoms with Crippen LogP contribution in [0.25, 0.3) is 11.0 Å². The topological polar surface area (TPSA) is 52.0 Å². The van der Waals surface area contributed by atoms with Gasteiger partial charge in [-0.05, 0) is 25.1 Å². The lowest BCUT2D eigenvalue weighted by Crippen LogP contribution is -1.99. The average molecular weight is 176 g/mol. The highest BCUT2D eigenvalue weighted by atomic mass is 16.3. The monoisotopic (exact) mass is 176 g/mol. The second-order valence-electron chi connectivity index (χ2n) is 3.02. The minimum absolute atomic E-state index is 0.704. The van der Waals surface area contributed by atoms with E-state index in [1.807, 2.05) is 12.1 Å². The normalized spacial score (nSPS) is 10.8. The summed E-state index contributed by atoms with van der Waals surface area (Å²) >= 11 is 0. The van der Waals surface area contributed by atoms with Crippen LogP contribution in [-0.4, -0.2) is 11.5 Å². The van der Waals surface area contributed by atoms with Gasteiger partial charge in [0.25, 0.3) is 0 Å². The fourth-order valence-electron chi connectivity index (χ4n) is 1.34. The molecule has 0 aliphatic heterocycles. The molecule has 0 saturated heterocycles. The van der Waals surface area contributed by atoms with E-state index in [9.17, 15) is 0 Å². The molecule has 0 aromatic carbocycles. The van der Waals surface area contributed by atoms with Crippen LogP contribution < -0.4 is 5.73 Å². The van der Waals surface area contributed by atoms with Gasteiger partial charge in [-0.1, -0.05) is 0 Å². The Hall–Kier alpha value is -1.35. The first kappa shape index (κ1) is 8.26. The summed E-state index contributed by atoms with van der Waals surface area (Å²) in [4.78, 5) is 3.99. The van der Waals surface area contributed by atoms with Crippen molar-refractivity contribution in [3.05, 3.63) is 30.3 Å². The van der Waals surface area contributed by atoms with Gasteiger partial charge >= 0.3 is 0 Å². The molecule has 2 heterocycles. The molecule has 0 amide bonds. The van der Waals surface area contributed by atoms with Crippen molar-refractivity contribution in [1.29, 1.82) is 0 Å². The maximum absolute atomic E-state index is 5.55. The molecule has 0 atom stereocenters. The lowest BCUT2D eigenvalue weighted by molar-refractivity contribution is 0.539. The fourth-order valence-corrected chi connectivity index (χ4v) is 1.34. The molecule has 2 aromatic heterocycles. The molecule has 2 N–H and O–H groups in total. The van der Waals surface area contributed by atoms with Crippen LogP contribution in [0.3, 0.4) is 0 Å². The van der Waals surface area contributed by atoms with Gasteiger partial charge < -0.3 is 10.2 Å². The highest BCUT2D eigenvalue weighted by Gasteiger charge is 2.01. The first-order chi connectivity index (χ1) is 6.40.